The van der Waals surface area contributed by atoms with E-state index in [0.29, 0.717) is 24.4 Å². The third-order valence-corrected chi connectivity index (χ3v) is 5.35. The van der Waals surface area contributed by atoms with E-state index >= 15 is 0 Å². The van der Waals surface area contributed by atoms with Crippen molar-refractivity contribution in [3.63, 3.8) is 0 Å². The van der Waals surface area contributed by atoms with Gasteiger partial charge < -0.3 is 11.1 Å². The fourth-order valence-corrected chi connectivity index (χ4v) is 4.21. The Bertz CT molecular complexity index is 420. The van der Waals surface area contributed by atoms with Crippen molar-refractivity contribution in [2.75, 3.05) is 0 Å². The average molecular weight is 279 g/mol. The monoisotopic (exact) mass is 279 g/mol. The number of carbonyl (C=O) groups excluding carboxylic acids is 1. The second kappa shape index (κ2) is 5.59. The lowest BCUT2D eigenvalue weighted by atomic mass is 9.65. The number of hydrogen-bond acceptors (Lipinski definition) is 4. The van der Waals surface area contributed by atoms with Gasteiger partial charge >= 0.3 is 0 Å². The number of hydrogen-bond donors (Lipinski definition) is 2. The molecule has 2 aliphatic rings. The van der Waals surface area contributed by atoms with Crippen molar-refractivity contribution in [1.29, 1.82) is 0 Å². The molecule has 1 aromatic rings. The lowest BCUT2D eigenvalue weighted by Crippen LogP contribution is -2.49. The third kappa shape index (κ3) is 2.82. The Kier molecular flexibility index (Phi) is 3.84. The predicted octanol–water partition coefficient (Wildman–Crippen LogP) is 1.91. The smallest absolute Gasteiger partial charge is 0.223 e. The number of aromatic nitrogens is 1. The average Bonchev–Trinajstić information content (AvgIpc) is 2.88. The molecule has 3 N–H and O–H groups in total. The molecule has 3 rings (SSSR count). The maximum Gasteiger partial charge on any atom is 0.223 e. The summed E-state index contributed by atoms with van der Waals surface area (Å²) in [6.45, 7) is 0.556. The van der Waals surface area contributed by atoms with E-state index in [0.717, 1.165) is 18.5 Å². The van der Waals surface area contributed by atoms with Crippen molar-refractivity contribution in [3.05, 3.63) is 16.6 Å². The highest BCUT2D eigenvalue weighted by Gasteiger charge is 2.40. The molecule has 2 atom stereocenters. The van der Waals surface area contributed by atoms with Crippen LogP contribution in [0.3, 0.4) is 0 Å². The van der Waals surface area contributed by atoms with Crippen LogP contribution in [0, 0.1) is 17.8 Å². The Hall–Kier alpha value is -0.940. The van der Waals surface area contributed by atoms with E-state index in [9.17, 15) is 4.79 Å². The fraction of sp³-hybridized carbons (Fsp3) is 0.714. The van der Waals surface area contributed by atoms with E-state index in [-0.39, 0.29) is 11.8 Å². The van der Waals surface area contributed by atoms with Crippen molar-refractivity contribution in [2.24, 2.45) is 23.5 Å². The van der Waals surface area contributed by atoms with Crippen LogP contribution in [0.1, 0.15) is 37.8 Å². The van der Waals surface area contributed by atoms with Crippen molar-refractivity contribution in [3.8, 4) is 0 Å². The molecule has 1 amide bonds. The van der Waals surface area contributed by atoms with Crippen LogP contribution >= 0.6 is 11.3 Å². The summed E-state index contributed by atoms with van der Waals surface area (Å²) in [5.74, 6) is 1.47. The molecule has 0 saturated heterocycles. The zero-order chi connectivity index (χ0) is 13.2. The summed E-state index contributed by atoms with van der Waals surface area (Å²) in [6.07, 6.45) is 5.64. The van der Waals surface area contributed by atoms with E-state index in [4.69, 9.17) is 5.73 Å². The SMILES string of the molecule is NC1C2CCCC1CC(C(=O)NCc1cscn1)C2. The summed E-state index contributed by atoms with van der Waals surface area (Å²) < 4.78 is 0. The van der Waals surface area contributed by atoms with Gasteiger partial charge in [-0.25, -0.2) is 4.98 Å². The highest BCUT2D eigenvalue weighted by Crippen LogP contribution is 2.41. The number of amides is 1. The normalized spacial score (nSPS) is 33.9. The molecule has 0 aromatic carbocycles. The summed E-state index contributed by atoms with van der Waals surface area (Å²) in [6, 6.07) is 0.330. The van der Waals surface area contributed by atoms with Gasteiger partial charge in [-0.1, -0.05) is 6.42 Å². The van der Waals surface area contributed by atoms with Crippen LogP contribution in [-0.4, -0.2) is 16.9 Å². The zero-order valence-corrected chi connectivity index (χ0v) is 11.9. The molecule has 2 aliphatic carbocycles. The van der Waals surface area contributed by atoms with Crippen molar-refractivity contribution in [2.45, 2.75) is 44.7 Å². The van der Waals surface area contributed by atoms with Gasteiger partial charge in [0, 0.05) is 17.3 Å². The molecule has 2 bridgehead atoms. The summed E-state index contributed by atoms with van der Waals surface area (Å²) in [5, 5.41) is 5.00. The highest BCUT2D eigenvalue weighted by molar-refractivity contribution is 7.07. The Morgan fingerprint density at radius 3 is 2.79 bits per heavy atom. The summed E-state index contributed by atoms with van der Waals surface area (Å²) in [5.41, 5.74) is 9.00. The standard InChI is InChI=1S/C14H21N3OS/c15-13-9-2-1-3-10(13)5-11(4-9)14(18)16-6-12-7-19-8-17-12/h7-11,13H,1-6,15H2,(H,16,18). The number of fused-ring (bicyclic) bond motifs is 2. The zero-order valence-electron chi connectivity index (χ0n) is 11.0. The number of nitrogens with one attached hydrogen (secondary N) is 1. The molecule has 0 radical (unpaired) electrons. The first-order valence-electron chi connectivity index (χ1n) is 7.14. The first-order chi connectivity index (χ1) is 9.24. The van der Waals surface area contributed by atoms with Crippen LogP contribution in [0.2, 0.25) is 0 Å². The second-order valence-electron chi connectivity index (χ2n) is 5.89. The predicted molar refractivity (Wildman–Crippen MR) is 75.5 cm³/mol. The molecule has 104 valence electrons. The molecule has 0 aliphatic heterocycles. The number of rotatable bonds is 3. The largest absolute Gasteiger partial charge is 0.350 e. The summed E-state index contributed by atoms with van der Waals surface area (Å²) >= 11 is 1.56. The molecule has 2 unspecified atom stereocenters. The van der Waals surface area contributed by atoms with E-state index < -0.39 is 0 Å². The molecule has 0 spiro atoms. The van der Waals surface area contributed by atoms with Gasteiger partial charge in [0.2, 0.25) is 5.91 Å². The van der Waals surface area contributed by atoms with Gasteiger partial charge in [0.15, 0.2) is 0 Å². The second-order valence-corrected chi connectivity index (χ2v) is 6.61. The maximum absolute atomic E-state index is 12.3. The summed E-state index contributed by atoms with van der Waals surface area (Å²) in [7, 11) is 0. The van der Waals surface area contributed by atoms with Crippen molar-refractivity contribution in [1.82, 2.24) is 10.3 Å². The maximum atomic E-state index is 12.3. The van der Waals surface area contributed by atoms with Gasteiger partial charge in [0.25, 0.3) is 0 Å². The fourth-order valence-electron chi connectivity index (χ4n) is 3.65. The molecule has 1 aromatic heterocycles. The lowest BCUT2D eigenvalue weighted by molar-refractivity contribution is -0.128. The van der Waals surface area contributed by atoms with Gasteiger partial charge in [-0.3, -0.25) is 4.79 Å². The number of carbonyl (C=O) groups is 1. The molecule has 2 saturated carbocycles. The quantitative estimate of drug-likeness (QED) is 0.888. The Labute approximate surface area is 117 Å². The van der Waals surface area contributed by atoms with E-state index in [1.54, 1.807) is 16.8 Å². The van der Waals surface area contributed by atoms with Crippen LogP contribution in [0.5, 0.6) is 0 Å². The lowest BCUT2D eigenvalue weighted by Gasteiger charge is -2.43. The van der Waals surface area contributed by atoms with E-state index in [1.807, 2.05) is 5.38 Å². The molecule has 5 heteroatoms. The molecule has 2 fully saturated rings. The Morgan fingerprint density at radius 2 is 2.16 bits per heavy atom. The third-order valence-electron chi connectivity index (χ3n) is 4.71. The topological polar surface area (TPSA) is 68.0 Å². The number of nitrogens with zero attached hydrogens (tertiary/aromatic N) is 1. The Balaban J connectivity index is 1.56. The van der Waals surface area contributed by atoms with Crippen LogP contribution < -0.4 is 11.1 Å². The molecule has 1 heterocycles. The van der Waals surface area contributed by atoms with Gasteiger partial charge in [0.05, 0.1) is 17.7 Å². The molecular weight excluding hydrogens is 258 g/mol. The molecule has 4 nitrogen and oxygen atoms in total. The summed E-state index contributed by atoms with van der Waals surface area (Å²) in [4.78, 5) is 16.4. The first-order valence-corrected chi connectivity index (χ1v) is 8.08. The minimum atomic E-state index is 0.161. The van der Waals surface area contributed by atoms with Gasteiger partial charge in [0.1, 0.15) is 0 Å². The van der Waals surface area contributed by atoms with Gasteiger partial charge in [-0.05, 0) is 37.5 Å². The van der Waals surface area contributed by atoms with Gasteiger partial charge in [-0.2, -0.15) is 0 Å². The number of nitrogens with two attached hydrogens (primary N) is 1. The highest BCUT2D eigenvalue weighted by atomic mass is 32.1. The van der Waals surface area contributed by atoms with Crippen LogP contribution in [-0.2, 0) is 11.3 Å². The van der Waals surface area contributed by atoms with E-state index in [1.165, 1.54) is 19.3 Å². The number of thiazole rings is 1. The van der Waals surface area contributed by atoms with Crippen molar-refractivity contribution >= 4 is 17.2 Å². The van der Waals surface area contributed by atoms with Crippen LogP contribution in [0.4, 0.5) is 0 Å². The molecular formula is C14H21N3OS. The minimum absolute atomic E-state index is 0.161. The van der Waals surface area contributed by atoms with E-state index in [2.05, 4.69) is 10.3 Å². The Morgan fingerprint density at radius 1 is 1.42 bits per heavy atom. The minimum Gasteiger partial charge on any atom is -0.350 e. The van der Waals surface area contributed by atoms with Gasteiger partial charge in [-0.15, -0.1) is 11.3 Å². The van der Waals surface area contributed by atoms with Crippen molar-refractivity contribution < 1.29 is 4.79 Å². The first kappa shape index (κ1) is 13.1. The molecule has 19 heavy (non-hydrogen) atoms. The van der Waals surface area contributed by atoms with Crippen LogP contribution in [0.15, 0.2) is 10.9 Å². The van der Waals surface area contributed by atoms with Crippen LogP contribution in [0.25, 0.3) is 0 Å².